The predicted octanol–water partition coefficient (Wildman–Crippen LogP) is -0.115. The van der Waals surface area contributed by atoms with Crippen LogP contribution in [-0.4, -0.2) is 15.2 Å². The van der Waals surface area contributed by atoms with Crippen LogP contribution in [0.5, 0.6) is 0 Å². The molecule has 1 atom stereocenters. The number of nitrogens with zero attached hydrogens (tertiary/aromatic N) is 2. The Kier molecular flexibility index (Phi) is 2.35. The zero-order valence-corrected chi connectivity index (χ0v) is 6.33. The van der Waals surface area contributed by atoms with Crippen molar-refractivity contribution in [2.24, 2.45) is 5.84 Å². The summed E-state index contributed by atoms with van der Waals surface area (Å²) in [5.41, 5.74) is 3.46. The number of aromatic amines is 1. The van der Waals surface area contributed by atoms with Gasteiger partial charge in [-0.25, -0.2) is 10.4 Å². The Morgan fingerprint density at radius 2 is 2.64 bits per heavy atom. The number of hydrazine groups is 1. The summed E-state index contributed by atoms with van der Waals surface area (Å²) < 4.78 is 0. The van der Waals surface area contributed by atoms with E-state index in [-0.39, 0.29) is 6.04 Å². The Bertz CT molecular complexity index is 227. The van der Waals surface area contributed by atoms with Gasteiger partial charge >= 0.3 is 0 Å². The van der Waals surface area contributed by atoms with Crippen LogP contribution in [-0.2, 0) is 0 Å². The number of nitrogens with two attached hydrogens (primary N) is 1. The predicted molar refractivity (Wildman–Crippen MR) is 41.3 cm³/mol. The molecule has 5 nitrogen and oxygen atoms in total. The van der Waals surface area contributed by atoms with E-state index in [9.17, 15) is 0 Å². The molecule has 0 aliphatic heterocycles. The minimum Gasteiger partial charge on any atom is -0.270 e. The van der Waals surface area contributed by atoms with Gasteiger partial charge in [-0.15, -0.1) is 0 Å². The van der Waals surface area contributed by atoms with Crippen molar-refractivity contribution in [2.75, 3.05) is 0 Å². The van der Waals surface area contributed by atoms with E-state index < -0.39 is 0 Å². The minimum atomic E-state index is -0.141. The molecule has 0 aliphatic carbocycles. The molecule has 60 valence electrons. The van der Waals surface area contributed by atoms with Crippen LogP contribution in [0.2, 0.25) is 0 Å². The zero-order valence-electron chi connectivity index (χ0n) is 6.33. The highest BCUT2D eigenvalue weighted by Crippen LogP contribution is 2.12. The van der Waals surface area contributed by atoms with Gasteiger partial charge in [0.1, 0.15) is 18.2 Å². The Morgan fingerprint density at radius 3 is 3.00 bits per heavy atom. The first-order valence-electron chi connectivity index (χ1n) is 3.22. The fraction of sp³-hybridized carbons (Fsp3) is 0.333. The molecular formula is C6H11N5. The summed E-state index contributed by atoms with van der Waals surface area (Å²) in [5, 5.41) is 6.41. The molecule has 1 aromatic rings. The van der Waals surface area contributed by atoms with Gasteiger partial charge < -0.3 is 0 Å². The highest BCUT2D eigenvalue weighted by atomic mass is 15.3. The topological polar surface area (TPSA) is 79.6 Å². The average Bonchev–Trinajstić information content (AvgIpc) is 2.40. The van der Waals surface area contributed by atoms with Crippen LogP contribution < -0.4 is 11.3 Å². The molecule has 0 saturated heterocycles. The van der Waals surface area contributed by atoms with Crippen molar-refractivity contribution in [1.29, 1.82) is 0 Å². The fourth-order valence-corrected chi connectivity index (χ4v) is 0.809. The highest BCUT2D eigenvalue weighted by molar-refractivity contribution is 5.09. The van der Waals surface area contributed by atoms with E-state index in [0.717, 1.165) is 5.57 Å². The second-order valence-corrected chi connectivity index (χ2v) is 2.32. The SMILES string of the molecule is C=C(C)C(NN)c1ncn[nH]1. The second-order valence-electron chi connectivity index (χ2n) is 2.32. The molecule has 0 saturated carbocycles. The van der Waals surface area contributed by atoms with Gasteiger partial charge in [-0.1, -0.05) is 12.2 Å². The molecule has 1 heterocycles. The largest absolute Gasteiger partial charge is 0.270 e. The van der Waals surface area contributed by atoms with Gasteiger partial charge in [0.05, 0.1) is 0 Å². The summed E-state index contributed by atoms with van der Waals surface area (Å²) in [4.78, 5) is 3.94. The summed E-state index contributed by atoms with van der Waals surface area (Å²) in [6, 6.07) is -0.141. The van der Waals surface area contributed by atoms with Gasteiger partial charge in [-0.3, -0.25) is 10.9 Å². The van der Waals surface area contributed by atoms with Crippen molar-refractivity contribution in [1.82, 2.24) is 20.6 Å². The van der Waals surface area contributed by atoms with Crippen LogP contribution in [0.25, 0.3) is 0 Å². The monoisotopic (exact) mass is 153 g/mol. The van der Waals surface area contributed by atoms with E-state index in [1.165, 1.54) is 6.33 Å². The lowest BCUT2D eigenvalue weighted by molar-refractivity contribution is 0.595. The third kappa shape index (κ3) is 1.63. The van der Waals surface area contributed by atoms with E-state index in [1.54, 1.807) is 0 Å². The lowest BCUT2D eigenvalue weighted by Crippen LogP contribution is -2.29. The summed E-state index contributed by atoms with van der Waals surface area (Å²) in [7, 11) is 0. The van der Waals surface area contributed by atoms with E-state index >= 15 is 0 Å². The van der Waals surface area contributed by atoms with Crippen LogP contribution >= 0.6 is 0 Å². The minimum absolute atomic E-state index is 0.141. The van der Waals surface area contributed by atoms with Crippen molar-refractivity contribution < 1.29 is 0 Å². The third-order valence-electron chi connectivity index (χ3n) is 1.37. The van der Waals surface area contributed by atoms with Crippen molar-refractivity contribution in [3.63, 3.8) is 0 Å². The lowest BCUT2D eigenvalue weighted by atomic mass is 10.1. The molecule has 0 aromatic carbocycles. The highest BCUT2D eigenvalue weighted by Gasteiger charge is 2.11. The maximum atomic E-state index is 5.27. The summed E-state index contributed by atoms with van der Waals surface area (Å²) in [6.45, 7) is 5.62. The van der Waals surface area contributed by atoms with Crippen molar-refractivity contribution in [3.05, 3.63) is 24.3 Å². The van der Waals surface area contributed by atoms with E-state index in [4.69, 9.17) is 5.84 Å². The number of hydrogen-bond acceptors (Lipinski definition) is 4. The van der Waals surface area contributed by atoms with Crippen molar-refractivity contribution in [2.45, 2.75) is 13.0 Å². The zero-order chi connectivity index (χ0) is 8.27. The Labute approximate surface area is 64.7 Å². The number of rotatable bonds is 3. The van der Waals surface area contributed by atoms with E-state index in [2.05, 4.69) is 27.2 Å². The fourth-order valence-electron chi connectivity index (χ4n) is 0.809. The normalized spacial score (nSPS) is 12.9. The molecule has 0 aliphatic rings. The van der Waals surface area contributed by atoms with Gasteiger partial charge in [-0.2, -0.15) is 5.10 Å². The molecule has 0 amide bonds. The first kappa shape index (κ1) is 7.90. The maximum Gasteiger partial charge on any atom is 0.146 e. The first-order chi connectivity index (χ1) is 5.25. The molecule has 5 heteroatoms. The van der Waals surface area contributed by atoms with Crippen LogP contribution in [0.4, 0.5) is 0 Å². The molecule has 0 radical (unpaired) electrons. The van der Waals surface area contributed by atoms with Crippen molar-refractivity contribution >= 4 is 0 Å². The first-order valence-corrected chi connectivity index (χ1v) is 3.22. The molecular weight excluding hydrogens is 142 g/mol. The molecule has 0 fully saturated rings. The molecule has 1 unspecified atom stereocenters. The molecule has 11 heavy (non-hydrogen) atoms. The smallest absolute Gasteiger partial charge is 0.146 e. The molecule has 1 aromatic heterocycles. The quantitative estimate of drug-likeness (QED) is 0.321. The van der Waals surface area contributed by atoms with Gasteiger partial charge in [0.25, 0.3) is 0 Å². The van der Waals surface area contributed by atoms with Crippen LogP contribution in [0.15, 0.2) is 18.5 Å². The third-order valence-corrected chi connectivity index (χ3v) is 1.37. The average molecular weight is 153 g/mol. The number of H-pyrrole nitrogens is 1. The molecule has 0 spiro atoms. The van der Waals surface area contributed by atoms with Crippen molar-refractivity contribution in [3.8, 4) is 0 Å². The van der Waals surface area contributed by atoms with Gasteiger partial charge in [-0.05, 0) is 6.92 Å². The second kappa shape index (κ2) is 3.27. The van der Waals surface area contributed by atoms with Crippen LogP contribution in [0.3, 0.4) is 0 Å². The summed E-state index contributed by atoms with van der Waals surface area (Å²) >= 11 is 0. The number of hydrogen-bond donors (Lipinski definition) is 3. The lowest BCUT2D eigenvalue weighted by Gasteiger charge is -2.11. The Balaban J connectivity index is 2.79. The van der Waals surface area contributed by atoms with E-state index in [0.29, 0.717) is 5.82 Å². The van der Waals surface area contributed by atoms with Gasteiger partial charge in [0.15, 0.2) is 0 Å². The molecule has 0 bridgehead atoms. The summed E-state index contributed by atoms with van der Waals surface area (Å²) in [6.07, 6.45) is 1.43. The Hall–Kier alpha value is -1.20. The standard InChI is InChI=1S/C6H11N5/c1-4(2)5(10-7)6-8-3-9-11-6/h3,5,10H,1,7H2,2H3,(H,8,9,11). The summed E-state index contributed by atoms with van der Waals surface area (Å²) in [5.74, 6) is 5.95. The van der Waals surface area contributed by atoms with E-state index in [1.807, 2.05) is 6.92 Å². The molecule has 4 N–H and O–H groups in total. The van der Waals surface area contributed by atoms with Gasteiger partial charge in [0.2, 0.25) is 0 Å². The number of nitrogens with one attached hydrogen (secondary N) is 2. The van der Waals surface area contributed by atoms with Crippen LogP contribution in [0.1, 0.15) is 18.8 Å². The Morgan fingerprint density at radius 1 is 1.91 bits per heavy atom. The van der Waals surface area contributed by atoms with Crippen LogP contribution in [0, 0.1) is 0 Å². The van der Waals surface area contributed by atoms with Gasteiger partial charge in [0, 0.05) is 0 Å². The maximum absolute atomic E-state index is 5.27. The molecule has 1 rings (SSSR count). The number of aromatic nitrogens is 3.